The van der Waals surface area contributed by atoms with Crippen molar-refractivity contribution in [3.8, 4) is 23.1 Å². The third kappa shape index (κ3) is 7.12. The van der Waals surface area contributed by atoms with Crippen LogP contribution in [0.25, 0.3) is 0 Å². The number of carbonyl (C=O) groups is 2. The van der Waals surface area contributed by atoms with Crippen LogP contribution in [0.4, 0.5) is 13.2 Å². The Morgan fingerprint density at radius 1 is 1.03 bits per heavy atom. The molecule has 3 aromatic rings. The quantitative estimate of drug-likeness (QED) is 0.464. The second-order valence-corrected chi connectivity index (χ2v) is 6.77. The van der Waals surface area contributed by atoms with Crippen LogP contribution in [-0.4, -0.2) is 37.1 Å². The standard InChI is InChI=1S/C23H20F3N3O5/c1-32-19-9-15(6-7-18(19)34-23(25)26)22(31)29-13-20(30)27-11-14-5-8-21(28-12-14)33-17-4-2-3-16(24)10-17/h2-10,12,23H,11,13H2,1H3,(H,27,30)(H,29,31). The fraction of sp³-hybridized carbons (Fsp3) is 0.174. The molecule has 0 saturated heterocycles. The van der Waals surface area contributed by atoms with Gasteiger partial charge in [-0.25, -0.2) is 9.37 Å². The van der Waals surface area contributed by atoms with Crippen LogP contribution in [0.15, 0.2) is 60.8 Å². The lowest BCUT2D eigenvalue weighted by Crippen LogP contribution is -2.36. The number of nitrogens with zero attached hydrogens (tertiary/aromatic N) is 1. The summed E-state index contributed by atoms with van der Waals surface area (Å²) in [4.78, 5) is 28.4. The van der Waals surface area contributed by atoms with Crippen LogP contribution in [0, 0.1) is 5.82 Å². The van der Waals surface area contributed by atoms with Gasteiger partial charge in [-0.05, 0) is 35.9 Å². The van der Waals surface area contributed by atoms with Crippen molar-refractivity contribution in [2.45, 2.75) is 13.2 Å². The molecule has 0 saturated carbocycles. The molecular formula is C23H20F3N3O5. The maximum Gasteiger partial charge on any atom is 0.387 e. The lowest BCUT2D eigenvalue weighted by Gasteiger charge is -2.11. The zero-order chi connectivity index (χ0) is 24.5. The van der Waals surface area contributed by atoms with Gasteiger partial charge >= 0.3 is 6.61 Å². The minimum atomic E-state index is -3.04. The minimum Gasteiger partial charge on any atom is -0.493 e. The Bertz CT molecular complexity index is 1140. The number of pyridine rings is 1. The molecule has 0 fully saturated rings. The number of benzene rings is 2. The van der Waals surface area contributed by atoms with Crippen LogP contribution < -0.4 is 24.8 Å². The van der Waals surface area contributed by atoms with E-state index in [0.717, 1.165) is 0 Å². The molecule has 0 atom stereocenters. The Morgan fingerprint density at radius 3 is 2.53 bits per heavy atom. The van der Waals surface area contributed by atoms with Crippen LogP contribution in [0.2, 0.25) is 0 Å². The summed E-state index contributed by atoms with van der Waals surface area (Å²) in [6, 6.07) is 12.6. The smallest absolute Gasteiger partial charge is 0.387 e. The molecule has 3 rings (SSSR count). The third-order valence-electron chi connectivity index (χ3n) is 4.36. The van der Waals surface area contributed by atoms with E-state index in [1.165, 1.54) is 49.7 Å². The van der Waals surface area contributed by atoms with E-state index in [1.807, 2.05) is 0 Å². The van der Waals surface area contributed by atoms with E-state index in [2.05, 4.69) is 20.4 Å². The van der Waals surface area contributed by atoms with E-state index >= 15 is 0 Å². The van der Waals surface area contributed by atoms with Crippen molar-refractivity contribution in [2.24, 2.45) is 0 Å². The average molecular weight is 475 g/mol. The fourth-order valence-electron chi connectivity index (χ4n) is 2.76. The van der Waals surface area contributed by atoms with E-state index < -0.39 is 24.2 Å². The van der Waals surface area contributed by atoms with Crippen molar-refractivity contribution in [3.05, 3.63) is 77.7 Å². The summed E-state index contributed by atoms with van der Waals surface area (Å²) in [5, 5.41) is 5.05. The molecule has 0 aliphatic rings. The zero-order valence-electron chi connectivity index (χ0n) is 17.9. The number of aromatic nitrogens is 1. The van der Waals surface area contributed by atoms with Gasteiger partial charge in [0.1, 0.15) is 11.6 Å². The molecule has 34 heavy (non-hydrogen) atoms. The molecule has 1 heterocycles. The Hall–Kier alpha value is -4.28. The number of ether oxygens (including phenoxy) is 3. The number of methoxy groups -OCH3 is 1. The van der Waals surface area contributed by atoms with Gasteiger partial charge in [-0.1, -0.05) is 12.1 Å². The molecule has 2 N–H and O–H groups in total. The van der Waals surface area contributed by atoms with E-state index in [9.17, 15) is 22.8 Å². The molecule has 2 amide bonds. The first-order valence-corrected chi connectivity index (χ1v) is 9.90. The summed E-state index contributed by atoms with van der Waals surface area (Å²) in [6.07, 6.45) is 1.49. The van der Waals surface area contributed by atoms with Gasteiger partial charge in [0, 0.05) is 30.4 Å². The Labute approximate surface area is 192 Å². The number of nitrogens with one attached hydrogen (secondary N) is 2. The van der Waals surface area contributed by atoms with Crippen molar-refractivity contribution in [1.82, 2.24) is 15.6 Å². The van der Waals surface area contributed by atoms with Crippen LogP contribution in [0.1, 0.15) is 15.9 Å². The van der Waals surface area contributed by atoms with Crippen molar-refractivity contribution in [3.63, 3.8) is 0 Å². The average Bonchev–Trinajstić information content (AvgIpc) is 2.82. The molecule has 0 bridgehead atoms. The maximum atomic E-state index is 13.2. The summed E-state index contributed by atoms with van der Waals surface area (Å²) >= 11 is 0. The highest BCUT2D eigenvalue weighted by Crippen LogP contribution is 2.29. The Morgan fingerprint density at radius 2 is 1.85 bits per heavy atom. The first-order valence-electron chi connectivity index (χ1n) is 9.90. The lowest BCUT2D eigenvalue weighted by atomic mass is 10.2. The molecular weight excluding hydrogens is 455 g/mol. The van der Waals surface area contributed by atoms with Crippen molar-refractivity contribution in [1.29, 1.82) is 0 Å². The van der Waals surface area contributed by atoms with Crippen LogP contribution in [-0.2, 0) is 11.3 Å². The Balaban J connectivity index is 1.46. The highest BCUT2D eigenvalue weighted by atomic mass is 19.3. The molecule has 0 aliphatic carbocycles. The predicted octanol–water partition coefficient (Wildman–Crippen LogP) is 3.67. The van der Waals surface area contributed by atoms with Crippen molar-refractivity contribution >= 4 is 11.8 Å². The van der Waals surface area contributed by atoms with Gasteiger partial charge in [-0.15, -0.1) is 0 Å². The number of rotatable bonds is 10. The summed E-state index contributed by atoms with van der Waals surface area (Å²) < 4.78 is 52.7. The van der Waals surface area contributed by atoms with Gasteiger partial charge in [-0.2, -0.15) is 8.78 Å². The summed E-state index contributed by atoms with van der Waals surface area (Å²) in [5.41, 5.74) is 0.773. The lowest BCUT2D eigenvalue weighted by molar-refractivity contribution is -0.120. The number of hydrogen-bond acceptors (Lipinski definition) is 6. The fourth-order valence-corrected chi connectivity index (χ4v) is 2.76. The summed E-state index contributed by atoms with van der Waals surface area (Å²) in [7, 11) is 1.25. The number of halogens is 3. The van der Waals surface area contributed by atoms with Gasteiger partial charge in [0.25, 0.3) is 5.91 Å². The maximum absolute atomic E-state index is 13.2. The van der Waals surface area contributed by atoms with E-state index in [-0.39, 0.29) is 36.0 Å². The highest BCUT2D eigenvalue weighted by molar-refractivity contribution is 5.97. The van der Waals surface area contributed by atoms with Gasteiger partial charge in [0.05, 0.1) is 13.7 Å². The number of hydrogen-bond donors (Lipinski definition) is 2. The number of alkyl halides is 2. The molecule has 0 unspecified atom stereocenters. The number of amides is 2. The zero-order valence-corrected chi connectivity index (χ0v) is 17.9. The molecule has 1 aromatic heterocycles. The number of carbonyl (C=O) groups excluding carboxylic acids is 2. The first-order chi connectivity index (χ1) is 16.3. The van der Waals surface area contributed by atoms with Crippen LogP contribution >= 0.6 is 0 Å². The third-order valence-corrected chi connectivity index (χ3v) is 4.36. The second kappa shape index (κ2) is 11.5. The topological polar surface area (TPSA) is 98.8 Å². The first kappa shape index (κ1) is 24.4. The minimum absolute atomic E-state index is 0.0465. The second-order valence-electron chi connectivity index (χ2n) is 6.77. The van der Waals surface area contributed by atoms with Crippen molar-refractivity contribution < 1.29 is 37.0 Å². The molecule has 0 aliphatic heterocycles. The van der Waals surface area contributed by atoms with Gasteiger partial charge in [0.15, 0.2) is 11.5 Å². The van der Waals surface area contributed by atoms with E-state index in [0.29, 0.717) is 11.3 Å². The molecule has 0 radical (unpaired) electrons. The highest BCUT2D eigenvalue weighted by Gasteiger charge is 2.15. The normalized spacial score (nSPS) is 10.5. The van der Waals surface area contributed by atoms with Crippen molar-refractivity contribution in [2.75, 3.05) is 13.7 Å². The predicted molar refractivity (Wildman–Crippen MR) is 115 cm³/mol. The van der Waals surface area contributed by atoms with E-state index in [4.69, 9.17) is 9.47 Å². The molecule has 2 aromatic carbocycles. The SMILES string of the molecule is COc1cc(C(=O)NCC(=O)NCc2ccc(Oc3cccc(F)c3)nc2)ccc1OC(F)F. The van der Waals surface area contributed by atoms with Gasteiger partial charge in [-0.3, -0.25) is 9.59 Å². The van der Waals surface area contributed by atoms with Gasteiger partial charge in [0.2, 0.25) is 11.8 Å². The summed E-state index contributed by atoms with van der Waals surface area (Å²) in [5.74, 6) is -1.19. The Kier molecular flexibility index (Phi) is 8.27. The molecule has 8 nitrogen and oxygen atoms in total. The molecule has 178 valence electrons. The monoisotopic (exact) mass is 475 g/mol. The van der Waals surface area contributed by atoms with Crippen LogP contribution in [0.3, 0.4) is 0 Å². The summed E-state index contributed by atoms with van der Waals surface area (Å²) in [6.45, 7) is -3.20. The largest absolute Gasteiger partial charge is 0.493 e. The van der Waals surface area contributed by atoms with E-state index in [1.54, 1.807) is 18.2 Å². The molecule has 0 spiro atoms. The van der Waals surface area contributed by atoms with Gasteiger partial charge < -0.3 is 24.8 Å². The molecule has 11 heteroatoms. The van der Waals surface area contributed by atoms with Crippen LogP contribution in [0.5, 0.6) is 23.1 Å².